The molecule has 0 heterocycles. The second-order valence-corrected chi connectivity index (χ2v) is 13.2. The SMILES string of the molecule is CC(C)(C)C(CC(C)(C)C(C)(C)CC(C)(C)C(C)(C)C)c1ccc(Cl)cc1. The molecule has 0 aliphatic heterocycles. The van der Waals surface area contributed by atoms with Gasteiger partial charge in [0.25, 0.3) is 0 Å². The van der Waals surface area contributed by atoms with Crippen molar-refractivity contribution in [1.82, 2.24) is 0 Å². The quantitative estimate of drug-likeness (QED) is 0.452. The van der Waals surface area contributed by atoms with Gasteiger partial charge in [0.05, 0.1) is 0 Å². The van der Waals surface area contributed by atoms with Crippen LogP contribution in [0, 0.1) is 27.1 Å². The smallest absolute Gasteiger partial charge is 0.0406 e. The van der Waals surface area contributed by atoms with E-state index in [1.54, 1.807) is 0 Å². The summed E-state index contributed by atoms with van der Waals surface area (Å²) in [6, 6.07) is 8.52. The van der Waals surface area contributed by atoms with Crippen LogP contribution in [0.5, 0.6) is 0 Å². The van der Waals surface area contributed by atoms with Gasteiger partial charge in [-0.15, -0.1) is 0 Å². The van der Waals surface area contributed by atoms with Crippen LogP contribution in [0.25, 0.3) is 0 Å². The lowest BCUT2D eigenvalue weighted by atomic mass is 9.53. The zero-order valence-electron chi connectivity index (χ0n) is 20.2. The summed E-state index contributed by atoms with van der Waals surface area (Å²) in [4.78, 5) is 0. The topological polar surface area (TPSA) is 0 Å². The van der Waals surface area contributed by atoms with Crippen LogP contribution in [-0.4, -0.2) is 0 Å². The molecular weight excluding hydrogens is 348 g/mol. The first-order valence-electron chi connectivity index (χ1n) is 10.6. The van der Waals surface area contributed by atoms with Gasteiger partial charge in [0.2, 0.25) is 0 Å². The first-order chi connectivity index (χ1) is 11.8. The standard InChI is InChI=1S/C26H45Cl/c1-22(2,3)21(19-13-15-20(27)16-14-19)17-24(7,8)26(11,12)18-25(9,10)23(4,5)6/h13-16,21H,17-18H2,1-12H3. The van der Waals surface area contributed by atoms with E-state index in [1.807, 2.05) is 12.1 Å². The van der Waals surface area contributed by atoms with Crippen LogP contribution < -0.4 is 0 Å². The minimum absolute atomic E-state index is 0.209. The Morgan fingerprint density at radius 3 is 1.48 bits per heavy atom. The third-order valence-electron chi connectivity index (χ3n) is 7.78. The average molecular weight is 393 g/mol. The predicted octanol–water partition coefficient (Wildman–Crippen LogP) is 9.37. The van der Waals surface area contributed by atoms with Crippen LogP contribution in [0.2, 0.25) is 5.02 Å². The maximum absolute atomic E-state index is 6.15. The van der Waals surface area contributed by atoms with E-state index in [0.29, 0.717) is 11.3 Å². The van der Waals surface area contributed by atoms with Crippen molar-refractivity contribution in [1.29, 1.82) is 0 Å². The zero-order chi connectivity index (χ0) is 21.5. The van der Waals surface area contributed by atoms with Crippen LogP contribution in [-0.2, 0) is 0 Å². The molecule has 0 saturated carbocycles. The van der Waals surface area contributed by atoms with Crippen LogP contribution >= 0.6 is 11.6 Å². The lowest BCUT2D eigenvalue weighted by molar-refractivity contribution is -0.0108. The molecule has 1 aromatic carbocycles. The molecule has 1 aromatic rings. The van der Waals surface area contributed by atoms with Gasteiger partial charge in [0.15, 0.2) is 0 Å². The monoisotopic (exact) mass is 392 g/mol. The van der Waals surface area contributed by atoms with Gasteiger partial charge < -0.3 is 0 Å². The summed E-state index contributed by atoms with van der Waals surface area (Å²) in [5.41, 5.74) is 2.64. The number of hydrogen-bond acceptors (Lipinski definition) is 0. The van der Waals surface area contributed by atoms with Crippen molar-refractivity contribution in [3.63, 3.8) is 0 Å². The van der Waals surface area contributed by atoms with Crippen LogP contribution in [0.3, 0.4) is 0 Å². The molecule has 0 amide bonds. The highest BCUT2D eigenvalue weighted by Crippen LogP contribution is 2.56. The van der Waals surface area contributed by atoms with E-state index >= 15 is 0 Å². The zero-order valence-corrected chi connectivity index (χ0v) is 20.9. The summed E-state index contributed by atoms with van der Waals surface area (Å²) in [6.07, 6.45) is 2.39. The summed E-state index contributed by atoms with van der Waals surface area (Å²) < 4.78 is 0. The molecule has 0 fully saturated rings. The van der Waals surface area contributed by atoms with E-state index in [9.17, 15) is 0 Å². The van der Waals surface area contributed by atoms with Crippen molar-refractivity contribution >= 4 is 11.6 Å². The summed E-state index contributed by atoms with van der Waals surface area (Å²) in [7, 11) is 0. The molecule has 27 heavy (non-hydrogen) atoms. The molecule has 0 radical (unpaired) electrons. The van der Waals surface area contributed by atoms with E-state index < -0.39 is 0 Å². The second kappa shape index (κ2) is 7.74. The Hall–Kier alpha value is -0.490. The van der Waals surface area contributed by atoms with Crippen molar-refractivity contribution in [2.45, 2.75) is 102 Å². The first kappa shape index (κ1) is 24.5. The Kier molecular flexibility index (Phi) is 7.03. The molecule has 0 N–H and O–H groups in total. The maximum Gasteiger partial charge on any atom is 0.0406 e. The summed E-state index contributed by atoms with van der Waals surface area (Å²) in [5, 5.41) is 0.818. The molecule has 0 aliphatic rings. The van der Waals surface area contributed by atoms with Gasteiger partial charge >= 0.3 is 0 Å². The lowest BCUT2D eigenvalue weighted by Crippen LogP contribution is -2.42. The fourth-order valence-corrected chi connectivity index (χ4v) is 4.14. The predicted molar refractivity (Wildman–Crippen MR) is 124 cm³/mol. The van der Waals surface area contributed by atoms with E-state index in [4.69, 9.17) is 11.6 Å². The van der Waals surface area contributed by atoms with E-state index in [0.717, 1.165) is 5.02 Å². The van der Waals surface area contributed by atoms with Crippen LogP contribution in [0.4, 0.5) is 0 Å². The van der Waals surface area contributed by atoms with Crippen LogP contribution in [0.15, 0.2) is 24.3 Å². The molecule has 0 bridgehead atoms. The van der Waals surface area contributed by atoms with Gasteiger partial charge in [0.1, 0.15) is 0 Å². The molecule has 0 saturated heterocycles. The third kappa shape index (κ3) is 5.99. The van der Waals surface area contributed by atoms with Crippen molar-refractivity contribution in [2.24, 2.45) is 27.1 Å². The maximum atomic E-state index is 6.15. The molecular formula is C26H45Cl. The van der Waals surface area contributed by atoms with E-state index in [-0.39, 0.29) is 21.7 Å². The molecule has 0 aromatic heterocycles. The molecule has 1 rings (SSSR count). The third-order valence-corrected chi connectivity index (χ3v) is 8.03. The molecule has 0 aliphatic carbocycles. The normalized spacial score (nSPS) is 15.7. The van der Waals surface area contributed by atoms with Gasteiger partial charge in [-0.25, -0.2) is 0 Å². The fraction of sp³-hybridized carbons (Fsp3) is 0.769. The molecule has 0 spiro atoms. The van der Waals surface area contributed by atoms with Crippen molar-refractivity contribution in [3.8, 4) is 0 Å². The van der Waals surface area contributed by atoms with E-state index in [1.165, 1.54) is 18.4 Å². The number of halogens is 1. The highest BCUT2D eigenvalue weighted by atomic mass is 35.5. The summed E-state index contributed by atoms with van der Waals surface area (Å²) >= 11 is 6.15. The van der Waals surface area contributed by atoms with E-state index in [2.05, 4.69) is 95.2 Å². The Labute approximate surface area is 175 Å². The molecule has 1 unspecified atom stereocenters. The Balaban J connectivity index is 3.20. The first-order valence-corrected chi connectivity index (χ1v) is 10.9. The van der Waals surface area contributed by atoms with Gasteiger partial charge in [-0.3, -0.25) is 0 Å². The van der Waals surface area contributed by atoms with Gasteiger partial charge in [-0.2, -0.15) is 0 Å². The van der Waals surface area contributed by atoms with Crippen molar-refractivity contribution in [3.05, 3.63) is 34.9 Å². The van der Waals surface area contributed by atoms with Crippen molar-refractivity contribution < 1.29 is 0 Å². The Morgan fingerprint density at radius 1 is 0.667 bits per heavy atom. The number of rotatable bonds is 6. The average Bonchev–Trinajstić information content (AvgIpc) is 2.42. The molecule has 156 valence electrons. The van der Waals surface area contributed by atoms with Gasteiger partial charge in [0, 0.05) is 5.02 Å². The van der Waals surface area contributed by atoms with Crippen molar-refractivity contribution in [2.75, 3.05) is 0 Å². The minimum Gasteiger partial charge on any atom is -0.0843 e. The Bertz CT molecular complexity index is 603. The largest absolute Gasteiger partial charge is 0.0843 e. The molecule has 1 heteroatoms. The highest BCUT2D eigenvalue weighted by molar-refractivity contribution is 6.30. The van der Waals surface area contributed by atoms with Crippen LogP contribution in [0.1, 0.15) is 107 Å². The molecule has 0 nitrogen and oxygen atoms in total. The summed E-state index contributed by atoms with van der Waals surface area (Å²) in [6.45, 7) is 29.0. The van der Waals surface area contributed by atoms with Gasteiger partial charge in [-0.05, 0) is 63.5 Å². The Morgan fingerprint density at radius 2 is 1.11 bits per heavy atom. The number of hydrogen-bond donors (Lipinski definition) is 0. The number of benzene rings is 1. The lowest BCUT2D eigenvalue weighted by Gasteiger charge is -2.52. The highest BCUT2D eigenvalue weighted by Gasteiger charge is 2.46. The fourth-order valence-electron chi connectivity index (χ4n) is 4.02. The molecule has 1 atom stereocenters. The van der Waals surface area contributed by atoms with Gasteiger partial charge in [-0.1, -0.05) is 107 Å². The minimum atomic E-state index is 0.209. The summed E-state index contributed by atoms with van der Waals surface area (Å²) in [5.74, 6) is 0.502. The second-order valence-electron chi connectivity index (χ2n) is 12.8.